The van der Waals surface area contributed by atoms with Crippen molar-refractivity contribution in [3.63, 3.8) is 0 Å². The van der Waals surface area contributed by atoms with Crippen LogP contribution in [0.1, 0.15) is 18.4 Å². The van der Waals surface area contributed by atoms with Gasteiger partial charge in [-0.25, -0.2) is 0 Å². The molecule has 0 bridgehead atoms. The Labute approximate surface area is 103 Å². The van der Waals surface area contributed by atoms with Crippen LogP contribution in [0.3, 0.4) is 0 Å². The lowest BCUT2D eigenvalue weighted by Gasteiger charge is -2.29. The summed E-state index contributed by atoms with van der Waals surface area (Å²) in [5, 5.41) is 8.85. The molecule has 0 aromatic heterocycles. The molecule has 0 radical (unpaired) electrons. The molecular formula is C14H18N2O. The zero-order valence-electron chi connectivity index (χ0n) is 10.2. The van der Waals surface area contributed by atoms with Gasteiger partial charge in [-0.15, -0.1) is 0 Å². The van der Waals surface area contributed by atoms with E-state index in [0.29, 0.717) is 0 Å². The molecule has 0 N–H and O–H groups in total. The molecule has 1 saturated heterocycles. The third kappa shape index (κ3) is 3.21. The molecule has 3 nitrogen and oxygen atoms in total. The number of rotatable bonds is 3. The minimum atomic E-state index is 0.261. The van der Waals surface area contributed by atoms with Crippen LogP contribution >= 0.6 is 0 Å². The molecule has 0 atom stereocenters. The summed E-state index contributed by atoms with van der Waals surface area (Å²) in [5.41, 5.74) is 1.28. The van der Waals surface area contributed by atoms with Gasteiger partial charge in [-0.2, -0.15) is 5.26 Å². The van der Waals surface area contributed by atoms with Gasteiger partial charge in [-0.3, -0.25) is 4.90 Å². The molecule has 0 aliphatic carbocycles. The van der Waals surface area contributed by atoms with Crippen molar-refractivity contribution in [1.82, 2.24) is 4.90 Å². The van der Waals surface area contributed by atoms with Gasteiger partial charge in [0.05, 0.1) is 13.2 Å². The van der Waals surface area contributed by atoms with Crippen LogP contribution < -0.4 is 4.74 Å². The predicted octanol–water partition coefficient (Wildman–Crippen LogP) is 2.43. The Bertz CT molecular complexity index is 403. The lowest BCUT2D eigenvalue weighted by molar-refractivity contribution is 0.198. The monoisotopic (exact) mass is 230 g/mol. The maximum absolute atomic E-state index is 8.85. The first-order chi connectivity index (χ1) is 8.31. The van der Waals surface area contributed by atoms with Crippen LogP contribution in [0.25, 0.3) is 0 Å². The maximum atomic E-state index is 8.85. The number of methoxy groups -OCH3 is 1. The average molecular weight is 230 g/mol. The molecular weight excluding hydrogens is 212 g/mol. The van der Waals surface area contributed by atoms with Crippen LogP contribution in [-0.4, -0.2) is 25.1 Å². The molecule has 1 aliphatic heterocycles. The highest BCUT2D eigenvalue weighted by Gasteiger charge is 2.18. The lowest BCUT2D eigenvalue weighted by Crippen LogP contribution is -2.32. The largest absolute Gasteiger partial charge is 0.497 e. The van der Waals surface area contributed by atoms with E-state index >= 15 is 0 Å². The van der Waals surface area contributed by atoms with E-state index in [1.807, 2.05) is 12.1 Å². The summed E-state index contributed by atoms with van der Waals surface area (Å²) >= 11 is 0. The van der Waals surface area contributed by atoms with Crippen molar-refractivity contribution >= 4 is 0 Å². The topological polar surface area (TPSA) is 36.3 Å². The molecule has 0 saturated carbocycles. The van der Waals surface area contributed by atoms with Crippen LogP contribution in [0, 0.1) is 17.2 Å². The Balaban J connectivity index is 1.91. The van der Waals surface area contributed by atoms with Crippen molar-refractivity contribution in [3.8, 4) is 11.8 Å². The van der Waals surface area contributed by atoms with Crippen LogP contribution in [0.5, 0.6) is 5.75 Å². The Kier molecular flexibility index (Phi) is 4.00. The number of likely N-dealkylation sites (tertiary alicyclic amines) is 1. The van der Waals surface area contributed by atoms with E-state index in [2.05, 4.69) is 23.1 Å². The van der Waals surface area contributed by atoms with Gasteiger partial charge in [0.15, 0.2) is 0 Å². The molecule has 1 fully saturated rings. The Morgan fingerprint density at radius 3 is 2.82 bits per heavy atom. The van der Waals surface area contributed by atoms with Crippen molar-refractivity contribution in [3.05, 3.63) is 29.8 Å². The first-order valence-corrected chi connectivity index (χ1v) is 6.06. The summed E-state index contributed by atoms with van der Waals surface area (Å²) in [7, 11) is 1.69. The van der Waals surface area contributed by atoms with Gasteiger partial charge in [0, 0.05) is 12.5 Å². The van der Waals surface area contributed by atoms with Crippen molar-refractivity contribution in [2.45, 2.75) is 19.4 Å². The van der Waals surface area contributed by atoms with E-state index in [0.717, 1.165) is 38.2 Å². The highest BCUT2D eigenvalue weighted by molar-refractivity contribution is 5.28. The second-order valence-electron chi connectivity index (χ2n) is 4.53. The summed E-state index contributed by atoms with van der Waals surface area (Å²) in [5.74, 6) is 1.17. The Hall–Kier alpha value is -1.53. The fourth-order valence-electron chi connectivity index (χ4n) is 2.25. The molecule has 2 rings (SSSR count). The number of nitrogens with zero attached hydrogens (tertiary/aromatic N) is 2. The predicted molar refractivity (Wildman–Crippen MR) is 66.6 cm³/mol. The fraction of sp³-hybridized carbons (Fsp3) is 0.500. The summed E-state index contributed by atoms with van der Waals surface area (Å²) in [4.78, 5) is 2.41. The first kappa shape index (κ1) is 11.9. The highest BCUT2D eigenvalue weighted by atomic mass is 16.5. The summed E-state index contributed by atoms with van der Waals surface area (Å²) in [6.45, 7) is 3.00. The van der Waals surface area contributed by atoms with Gasteiger partial charge in [-0.05, 0) is 43.6 Å². The van der Waals surface area contributed by atoms with Gasteiger partial charge in [0.1, 0.15) is 5.75 Å². The molecule has 17 heavy (non-hydrogen) atoms. The number of hydrogen-bond acceptors (Lipinski definition) is 3. The molecule has 0 spiro atoms. The third-order valence-corrected chi connectivity index (χ3v) is 3.31. The first-order valence-electron chi connectivity index (χ1n) is 6.06. The zero-order chi connectivity index (χ0) is 12.1. The Morgan fingerprint density at radius 2 is 2.18 bits per heavy atom. The number of benzene rings is 1. The van der Waals surface area contributed by atoms with E-state index in [4.69, 9.17) is 10.00 Å². The van der Waals surface area contributed by atoms with Crippen molar-refractivity contribution in [2.75, 3.05) is 20.2 Å². The van der Waals surface area contributed by atoms with Gasteiger partial charge in [-0.1, -0.05) is 12.1 Å². The maximum Gasteiger partial charge on any atom is 0.119 e. The van der Waals surface area contributed by atoms with E-state index in [9.17, 15) is 0 Å². The lowest BCUT2D eigenvalue weighted by atomic mass is 9.98. The minimum Gasteiger partial charge on any atom is -0.497 e. The summed E-state index contributed by atoms with van der Waals surface area (Å²) in [6.07, 6.45) is 2.00. The van der Waals surface area contributed by atoms with E-state index in [1.165, 1.54) is 5.56 Å². The normalized spacial score (nSPS) is 17.6. The standard InChI is InChI=1S/C14H18N2O/c1-17-14-4-2-3-13(9-14)11-16-7-5-12(10-15)6-8-16/h2-4,9,12H,5-8,11H2,1H3. The van der Waals surface area contributed by atoms with Crippen LogP contribution in [0.2, 0.25) is 0 Å². The second kappa shape index (κ2) is 5.70. The van der Waals surface area contributed by atoms with Crippen molar-refractivity contribution in [1.29, 1.82) is 5.26 Å². The molecule has 3 heteroatoms. The van der Waals surface area contributed by atoms with Gasteiger partial charge < -0.3 is 4.74 Å². The van der Waals surface area contributed by atoms with E-state index < -0.39 is 0 Å². The quantitative estimate of drug-likeness (QED) is 0.800. The van der Waals surface area contributed by atoms with E-state index in [-0.39, 0.29) is 5.92 Å². The van der Waals surface area contributed by atoms with Gasteiger partial charge in [0.25, 0.3) is 0 Å². The molecule has 0 amide bonds. The zero-order valence-corrected chi connectivity index (χ0v) is 10.2. The Morgan fingerprint density at radius 1 is 1.41 bits per heavy atom. The van der Waals surface area contributed by atoms with E-state index in [1.54, 1.807) is 7.11 Å². The second-order valence-corrected chi connectivity index (χ2v) is 4.53. The molecule has 90 valence electrons. The molecule has 1 heterocycles. The van der Waals surface area contributed by atoms with Crippen molar-refractivity contribution in [2.24, 2.45) is 5.92 Å². The SMILES string of the molecule is COc1cccc(CN2CCC(C#N)CC2)c1. The van der Waals surface area contributed by atoms with Crippen LogP contribution in [-0.2, 0) is 6.54 Å². The number of ether oxygens (including phenoxy) is 1. The summed E-state index contributed by atoms with van der Waals surface area (Å²) in [6, 6.07) is 10.6. The third-order valence-electron chi connectivity index (χ3n) is 3.31. The van der Waals surface area contributed by atoms with Gasteiger partial charge >= 0.3 is 0 Å². The molecule has 1 aromatic carbocycles. The van der Waals surface area contributed by atoms with Crippen LogP contribution in [0.15, 0.2) is 24.3 Å². The number of hydrogen-bond donors (Lipinski definition) is 0. The fourth-order valence-corrected chi connectivity index (χ4v) is 2.25. The highest BCUT2D eigenvalue weighted by Crippen LogP contribution is 2.19. The minimum absolute atomic E-state index is 0.261. The molecule has 0 unspecified atom stereocenters. The van der Waals surface area contributed by atoms with Gasteiger partial charge in [0.2, 0.25) is 0 Å². The smallest absolute Gasteiger partial charge is 0.119 e. The average Bonchev–Trinajstić information content (AvgIpc) is 2.40. The van der Waals surface area contributed by atoms with Crippen molar-refractivity contribution < 1.29 is 4.74 Å². The molecule has 1 aliphatic rings. The summed E-state index contributed by atoms with van der Waals surface area (Å²) < 4.78 is 5.22. The number of nitriles is 1. The molecule has 1 aromatic rings. The van der Waals surface area contributed by atoms with Crippen LogP contribution in [0.4, 0.5) is 0 Å². The number of piperidine rings is 1.